The maximum absolute atomic E-state index is 13.2. The molecule has 4 atom stereocenters. The van der Waals surface area contributed by atoms with Crippen molar-refractivity contribution >= 4 is 58.2 Å². The van der Waals surface area contributed by atoms with Crippen molar-refractivity contribution in [1.29, 1.82) is 0 Å². The van der Waals surface area contributed by atoms with Crippen molar-refractivity contribution < 1.29 is 39.0 Å². The number of carbonyl (C=O) groups excluding carboxylic acids is 4. The van der Waals surface area contributed by atoms with Crippen molar-refractivity contribution in [3.63, 3.8) is 0 Å². The van der Waals surface area contributed by atoms with Gasteiger partial charge in [-0.3, -0.25) is 24.0 Å². The maximum Gasteiger partial charge on any atom is 0.326 e. The van der Waals surface area contributed by atoms with E-state index >= 15 is 0 Å². The number of para-hydroxylation sites is 1. The van der Waals surface area contributed by atoms with Crippen LogP contribution < -0.4 is 27.4 Å². The van der Waals surface area contributed by atoms with Crippen LogP contribution in [0.5, 0.6) is 0 Å². The Morgan fingerprint density at radius 1 is 0.925 bits per heavy atom. The SMILES string of the molecule is CSCCC(NC(=O)C(N)Cc1c[nH]c2ccccc12)C(=O)NC(CCC(N)=O)C(=O)NC(CC(=O)O)C(=O)O. The first-order valence-electron chi connectivity index (χ1n) is 12.4. The molecule has 218 valence electrons. The van der Waals surface area contributed by atoms with E-state index in [1.54, 1.807) is 12.5 Å². The van der Waals surface area contributed by atoms with Crippen LogP contribution in [0.3, 0.4) is 0 Å². The van der Waals surface area contributed by atoms with Gasteiger partial charge in [0.1, 0.15) is 18.1 Å². The van der Waals surface area contributed by atoms with Crippen LogP contribution in [0, 0.1) is 0 Å². The molecule has 0 spiro atoms. The number of carbonyl (C=O) groups is 6. The van der Waals surface area contributed by atoms with Crippen molar-refractivity contribution in [2.24, 2.45) is 11.5 Å². The van der Waals surface area contributed by atoms with Crippen molar-refractivity contribution in [2.75, 3.05) is 12.0 Å². The molecule has 0 bridgehead atoms. The number of primary amides is 1. The normalized spacial score (nSPS) is 13.9. The molecule has 0 radical (unpaired) electrons. The number of carboxylic acids is 2. The Hall–Kier alpha value is -4.11. The molecule has 40 heavy (non-hydrogen) atoms. The summed E-state index contributed by atoms with van der Waals surface area (Å²) in [5, 5.41) is 26.2. The summed E-state index contributed by atoms with van der Waals surface area (Å²) < 4.78 is 0. The number of amides is 4. The van der Waals surface area contributed by atoms with Crippen LogP contribution >= 0.6 is 11.8 Å². The lowest BCUT2D eigenvalue weighted by molar-refractivity contribution is -0.147. The topological polar surface area (TPSA) is 247 Å². The lowest BCUT2D eigenvalue weighted by Crippen LogP contribution is -2.57. The molecule has 10 N–H and O–H groups in total. The van der Waals surface area contributed by atoms with Gasteiger partial charge in [0.25, 0.3) is 0 Å². The molecule has 0 aliphatic rings. The van der Waals surface area contributed by atoms with Gasteiger partial charge in [-0.1, -0.05) is 18.2 Å². The van der Waals surface area contributed by atoms with E-state index in [1.165, 1.54) is 11.8 Å². The molecular formula is C25H34N6O8S. The van der Waals surface area contributed by atoms with Crippen LogP contribution in [0.15, 0.2) is 30.5 Å². The van der Waals surface area contributed by atoms with E-state index in [1.807, 2.05) is 24.3 Å². The summed E-state index contributed by atoms with van der Waals surface area (Å²) in [6.45, 7) is 0. The minimum absolute atomic E-state index is 0.180. The first-order chi connectivity index (χ1) is 18.9. The Morgan fingerprint density at radius 3 is 2.12 bits per heavy atom. The smallest absolute Gasteiger partial charge is 0.326 e. The summed E-state index contributed by atoms with van der Waals surface area (Å²) in [7, 11) is 0. The second kappa shape index (κ2) is 15.5. The van der Waals surface area contributed by atoms with Crippen molar-refractivity contribution in [3.8, 4) is 0 Å². The summed E-state index contributed by atoms with van der Waals surface area (Å²) in [5.74, 6) is -5.75. The standard InChI is InChI=1S/C25H34N6O8S/c1-40-9-8-18(29-22(35)15(26)10-13-12-28-16-5-3-2-4-14(13)16)24(37)30-17(6-7-20(27)32)23(36)31-19(25(38)39)11-21(33)34/h2-5,12,15,17-19,28H,6-11,26H2,1H3,(H2,27,32)(H,29,35)(H,30,37)(H,31,36)(H,33,34)(H,38,39). The van der Waals surface area contributed by atoms with E-state index in [0.29, 0.717) is 5.75 Å². The highest BCUT2D eigenvalue weighted by Gasteiger charge is 2.31. The largest absolute Gasteiger partial charge is 0.481 e. The number of benzene rings is 1. The van der Waals surface area contributed by atoms with Crippen LogP contribution in [0.2, 0.25) is 0 Å². The number of hydrogen-bond donors (Lipinski definition) is 8. The van der Waals surface area contributed by atoms with Crippen LogP contribution in [0.25, 0.3) is 10.9 Å². The summed E-state index contributed by atoms with van der Waals surface area (Å²) in [5.41, 5.74) is 13.0. The van der Waals surface area contributed by atoms with Gasteiger partial charge < -0.3 is 42.6 Å². The first-order valence-corrected chi connectivity index (χ1v) is 13.8. The molecule has 14 nitrogen and oxygen atoms in total. The number of hydrogen-bond acceptors (Lipinski definition) is 8. The van der Waals surface area contributed by atoms with Crippen LogP contribution in [-0.2, 0) is 35.2 Å². The number of nitrogens with one attached hydrogen (secondary N) is 4. The Bertz CT molecular complexity index is 1230. The van der Waals surface area contributed by atoms with Gasteiger partial charge in [-0.25, -0.2) is 4.79 Å². The third-order valence-electron chi connectivity index (χ3n) is 6.00. The Labute approximate surface area is 234 Å². The summed E-state index contributed by atoms with van der Waals surface area (Å²) in [6, 6.07) is 2.21. The molecular weight excluding hydrogens is 544 g/mol. The number of carboxylic acid groups (broad SMARTS) is 2. The number of aliphatic carboxylic acids is 2. The molecule has 0 fully saturated rings. The van der Waals surface area contributed by atoms with E-state index in [2.05, 4.69) is 20.9 Å². The van der Waals surface area contributed by atoms with Crippen LogP contribution in [0.1, 0.15) is 31.2 Å². The quantitative estimate of drug-likeness (QED) is 0.114. The van der Waals surface area contributed by atoms with Crippen LogP contribution in [0.4, 0.5) is 0 Å². The van der Waals surface area contributed by atoms with Gasteiger partial charge in [0.05, 0.1) is 12.5 Å². The van der Waals surface area contributed by atoms with Gasteiger partial charge in [0.2, 0.25) is 23.6 Å². The second-order valence-electron chi connectivity index (χ2n) is 9.08. The third-order valence-corrected chi connectivity index (χ3v) is 6.64. The van der Waals surface area contributed by atoms with Gasteiger partial charge in [-0.2, -0.15) is 11.8 Å². The highest BCUT2D eigenvalue weighted by molar-refractivity contribution is 7.98. The fourth-order valence-corrected chi connectivity index (χ4v) is 4.36. The van der Waals surface area contributed by atoms with Crippen molar-refractivity contribution in [1.82, 2.24) is 20.9 Å². The first kappa shape index (κ1) is 32.1. The number of aromatic nitrogens is 1. The fourth-order valence-electron chi connectivity index (χ4n) is 3.89. The van der Waals surface area contributed by atoms with E-state index in [0.717, 1.165) is 16.5 Å². The van der Waals surface area contributed by atoms with Gasteiger partial charge >= 0.3 is 11.9 Å². The molecule has 4 amide bonds. The van der Waals surface area contributed by atoms with E-state index in [9.17, 15) is 33.9 Å². The average molecular weight is 579 g/mol. The molecule has 0 aliphatic carbocycles. The lowest BCUT2D eigenvalue weighted by atomic mass is 10.0. The molecule has 1 aromatic carbocycles. The van der Waals surface area contributed by atoms with Gasteiger partial charge in [-0.05, 0) is 42.9 Å². The Morgan fingerprint density at radius 2 is 1.52 bits per heavy atom. The predicted octanol–water partition coefficient (Wildman–Crippen LogP) is -0.930. The number of fused-ring (bicyclic) bond motifs is 1. The minimum Gasteiger partial charge on any atom is -0.481 e. The zero-order valence-corrected chi connectivity index (χ0v) is 22.7. The molecule has 4 unspecified atom stereocenters. The number of aromatic amines is 1. The highest BCUT2D eigenvalue weighted by Crippen LogP contribution is 2.19. The van der Waals surface area contributed by atoms with Gasteiger partial charge in [-0.15, -0.1) is 0 Å². The van der Waals surface area contributed by atoms with E-state index in [4.69, 9.17) is 16.6 Å². The number of rotatable bonds is 17. The zero-order valence-electron chi connectivity index (χ0n) is 21.8. The summed E-state index contributed by atoms with van der Waals surface area (Å²) >= 11 is 1.42. The van der Waals surface area contributed by atoms with Crippen LogP contribution in [-0.4, -0.2) is 86.9 Å². The number of nitrogens with two attached hydrogens (primary N) is 2. The van der Waals surface area contributed by atoms with Crippen molar-refractivity contribution in [2.45, 2.75) is 56.3 Å². The predicted molar refractivity (Wildman–Crippen MR) is 147 cm³/mol. The zero-order chi connectivity index (χ0) is 29.8. The van der Waals surface area contributed by atoms with Gasteiger partial charge in [0, 0.05) is 23.5 Å². The summed E-state index contributed by atoms with van der Waals surface area (Å²) in [4.78, 5) is 75.7. The molecule has 1 heterocycles. The van der Waals surface area contributed by atoms with E-state index in [-0.39, 0.29) is 25.7 Å². The second-order valence-corrected chi connectivity index (χ2v) is 10.1. The molecule has 15 heteroatoms. The minimum atomic E-state index is -1.77. The maximum atomic E-state index is 13.2. The number of H-pyrrole nitrogens is 1. The Balaban J connectivity index is 2.14. The molecule has 2 aromatic rings. The summed E-state index contributed by atoms with van der Waals surface area (Å²) in [6.07, 6.45) is 2.42. The fraction of sp³-hybridized carbons (Fsp3) is 0.440. The Kier molecular flexibility index (Phi) is 12.4. The lowest BCUT2D eigenvalue weighted by Gasteiger charge is -2.25. The third kappa shape index (κ3) is 9.89. The molecule has 2 rings (SSSR count). The molecule has 1 aromatic heterocycles. The molecule has 0 saturated heterocycles. The number of thioether (sulfide) groups is 1. The highest BCUT2D eigenvalue weighted by atomic mass is 32.2. The average Bonchev–Trinajstić information content (AvgIpc) is 3.30. The molecule has 0 aliphatic heterocycles. The van der Waals surface area contributed by atoms with E-state index < -0.39 is 66.2 Å². The van der Waals surface area contributed by atoms with Gasteiger partial charge in [0.15, 0.2) is 0 Å². The molecule has 0 saturated carbocycles. The van der Waals surface area contributed by atoms with Crippen molar-refractivity contribution in [3.05, 3.63) is 36.0 Å². The monoisotopic (exact) mass is 578 g/mol.